The topological polar surface area (TPSA) is 77.8 Å². The van der Waals surface area contributed by atoms with Gasteiger partial charge in [-0.1, -0.05) is 12.1 Å². The molecule has 2 aliphatic heterocycles. The van der Waals surface area contributed by atoms with Gasteiger partial charge in [-0.05, 0) is 37.0 Å². The van der Waals surface area contributed by atoms with Crippen molar-refractivity contribution in [2.75, 3.05) is 0 Å². The Labute approximate surface area is 138 Å². The van der Waals surface area contributed by atoms with E-state index in [0.29, 0.717) is 22.7 Å². The maximum Gasteiger partial charge on any atom is 0.280 e. The van der Waals surface area contributed by atoms with Crippen molar-refractivity contribution >= 4 is 17.2 Å². The van der Waals surface area contributed by atoms with Crippen LogP contribution in [0.2, 0.25) is 0 Å². The molecule has 2 aromatic rings. The fourth-order valence-corrected chi connectivity index (χ4v) is 4.26. The van der Waals surface area contributed by atoms with Crippen LogP contribution in [0.5, 0.6) is 0 Å². The van der Waals surface area contributed by atoms with Crippen molar-refractivity contribution in [3.05, 3.63) is 41.0 Å². The number of thiazole rings is 1. The minimum absolute atomic E-state index is 0.0887. The lowest BCUT2D eigenvalue weighted by molar-refractivity contribution is 0.0930. The van der Waals surface area contributed by atoms with Gasteiger partial charge in [0, 0.05) is 24.3 Å². The number of hydrogen-bond donors (Lipinski definition) is 2. The highest BCUT2D eigenvalue weighted by Gasteiger charge is 2.39. The third-order valence-corrected chi connectivity index (χ3v) is 5.66. The maximum absolute atomic E-state index is 12.4. The van der Waals surface area contributed by atoms with Crippen molar-refractivity contribution in [2.24, 2.45) is 0 Å². The molecule has 0 unspecified atom stereocenters. The molecule has 1 amide bonds. The normalized spacial score (nSPS) is 25.3. The van der Waals surface area contributed by atoms with Crippen LogP contribution in [-0.2, 0) is 0 Å². The number of aromatic nitrogens is 1. The van der Waals surface area contributed by atoms with Crippen LogP contribution in [0.4, 0.5) is 0 Å². The highest BCUT2D eigenvalue weighted by atomic mass is 32.1. The van der Waals surface area contributed by atoms with Crippen molar-refractivity contribution in [1.82, 2.24) is 15.6 Å². The van der Waals surface area contributed by atoms with Crippen molar-refractivity contribution in [3.8, 4) is 16.5 Å². The van der Waals surface area contributed by atoms with Crippen LogP contribution in [0.3, 0.4) is 0 Å². The highest BCUT2D eigenvalue weighted by molar-refractivity contribution is 7.16. The van der Waals surface area contributed by atoms with Gasteiger partial charge in [0.1, 0.15) is 0 Å². The smallest absolute Gasteiger partial charge is 0.280 e. The standard InChI is InChI=1S/C17H16N4OS/c18-8-10-1-3-11(4-2-10)15-9-19-17(23-15)16(22)21-14-7-12-5-6-13(14)20-12/h1-4,9,12-14,20H,5-7H2,(H,21,22)/t12-,13-,14+/m0/s1. The van der Waals surface area contributed by atoms with E-state index < -0.39 is 0 Å². The molecule has 2 N–H and O–H groups in total. The Hall–Kier alpha value is -2.23. The lowest BCUT2D eigenvalue weighted by atomic mass is 9.95. The number of carbonyl (C=O) groups is 1. The van der Waals surface area contributed by atoms with Crippen molar-refractivity contribution in [1.29, 1.82) is 5.26 Å². The Morgan fingerprint density at radius 2 is 2.17 bits per heavy atom. The quantitative estimate of drug-likeness (QED) is 0.908. The minimum Gasteiger partial charge on any atom is -0.346 e. The van der Waals surface area contributed by atoms with E-state index in [4.69, 9.17) is 5.26 Å². The molecule has 3 heterocycles. The van der Waals surface area contributed by atoms with Crippen molar-refractivity contribution in [2.45, 2.75) is 37.4 Å². The summed E-state index contributed by atoms with van der Waals surface area (Å²) in [5.41, 5.74) is 1.60. The van der Waals surface area contributed by atoms with Gasteiger partial charge in [-0.2, -0.15) is 5.26 Å². The molecule has 116 valence electrons. The number of nitrogens with one attached hydrogen (secondary N) is 2. The number of fused-ring (bicyclic) bond motifs is 2. The van der Waals surface area contributed by atoms with Gasteiger partial charge in [0.05, 0.1) is 16.5 Å². The van der Waals surface area contributed by atoms with Crippen LogP contribution in [0, 0.1) is 11.3 Å². The fourth-order valence-electron chi connectivity index (χ4n) is 3.44. The Balaban J connectivity index is 1.46. The third kappa shape index (κ3) is 2.74. The summed E-state index contributed by atoms with van der Waals surface area (Å²) in [5.74, 6) is -0.0887. The van der Waals surface area contributed by atoms with Crippen LogP contribution in [0.15, 0.2) is 30.5 Å². The second-order valence-electron chi connectivity index (χ2n) is 6.08. The summed E-state index contributed by atoms with van der Waals surface area (Å²) in [6.07, 6.45) is 5.10. The largest absolute Gasteiger partial charge is 0.346 e. The lowest BCUT2D eigenvalue weighted by Gasteiger charge is -2.20. The molecular weight excluding hydrogens is 308 g/mol. The van der Waals surface area contributed by atoms with Crippen LogP contribution < -0.4 is 10.6 Å². The third-order valence-electron chi connectivity index (χ3n) is 4.62. The molecule has 0 spiro atoms. The Morgan fingerprint density at radius 3 is 2.83 bits per heavy atom. The molecule has 0 aliphatic carbocycles. The number of carbonyl (C=O) groups excluding carboxylic acids is 1. The van der Waals surface area contributed by atoms with E-state index in [-0.39, 0.29) is 11.9 Å². The zero-order valence-electron chi connectivity index (χ0n) is 12.5. The van der Waals surface area contributed by atoms with Crippen LogP contribution in [0.1, 0.15) is 34.6 Å². The number of hydrogen-bond acceptors (Lipinski definition) is 5. The summed E-state index contributed by atoms with van der Waals surface area (Å²) in [4.78, 5) is 17.6. The molecule has 23 heavy (non-hydrogen) atoms. The maximum atomic E-state index is 12.4. The van der Waals surface area contributed by atoms with Gasteiger partial charge in [-0.25, -0.2) is 4.98 Å². The van der Waals surface area contributed by atoms with Crippen molar-refractivity contribution < 1.29 is 4.79 Å². The average molecular weight is 324 g/mol. The Morgan fingerprint density at radius 1 is 1.35 bits per heavy atom. The average Bonchev–Trinajstić information content (AvgIpc) is 3.31. The Kier molecular flexibility index (Phi) is 3.60. The van der Waals surface area contributed by atoms with Gasteiger partial charge in [0.15, 0.2) is 5.01 Å². The number of amides is 1. The molecule has 2 saturated heterocycles. The van der Waals surface area contributed by atoms with E-state index >= 15 is 0 Å². The zero-order valence-corrected chi connectivity index (χ0v) is 13.3. The first-order chi connectivity index (χ1) is 11.2. The molecule has 4 rings (SSSR count). The molecule has 2 aliphatic rings. The van der Waals surface area contributed by atoms with Crippen LogP contribution >= 0.6 is 11.3 Å². The molecule has 6 heteroatoms. The molecule has 2 fully saturated rings. The first kappa shape index (κ1) is 14.4. The SMILES string of the molecule is N#Cc1ccc(-c2cnc(C(=O)N[C@@H]3C[C@@H]4CC[C@@H]3N4)s2)cc1. The molecule has 1 aromatic heterocycles. The lowest BCUT2D eigenvalue weighted by Crippen LogP contribution is -2.42. The first-order valence-electron chi connectivity index (χ1n) is 7.76. The molecule has 3 atom stereocenters. The molecular formula is C17H16N4OS. The summed E-state index contributed by atoms with van der Waals surface area (Å²) in [5, 5.41) is 16.0. The van der Waals surface area contributed by atoms with Crippen LogP contribution in [-0.4, -0.2) is 29.0 Å². The number of benzene rings is 1. The monoisotopic (exact) mass is 324 g/mol. The van der Waals surface area contributed by atoms with E-state index in [1.165, 1.54) is 17.8 Å². The number of nitrogens with zero attached hydrogens (tertiary/aromatic N) is 2. The van der Waals surface area contributed by atoms with E-state index in [1.54, 1.807) is 18.3 Å². The van der Waals surface area contributed by atoms with E-state index in [2.05, 4.69) is 21.7 Å². The summed E-state index contributed by atoms with van der Waals surface area (Å²) in [6.45, 7) is 0. The van der Waals surface area contributed by atoms with E-state index in [1.807, 2.05) is 12.1 Å². The van der Waals surface area contributed by atoms with Gasteiger partial charge < -0.3 is 10.6 Å². The minimum atomic E-state index is -0.0887. The van der Waals surface area contributed by atoms with Crippen molar-refractivity contribution in [3.63, 3.8) is 0 Å². The summed E-state index contributed by atoms with van der Waals surface area (Å²) >= 11 is 1.38. The van der Waals surface area contributed by atoms with Crippen LogP contribution in [0.25, 0.3) is 10.4 Å². The van der Waals surface area contributed by atoms with Gasteiger partial charge >= 0.3 is 0 Å². The summed E-state index contributed by atoms with van der Waals surface area (Å²) < 4.78 is 0. The molecule has 2 bridgehead atoms. The predicted molar refractivity (Wildman–Crippen MR) is 88.1 cm³/mol. The first-order valence-corrected chi connectivity index (χ1v) is 8.58. The molecule has 5 nitrogen and oxygen atoms in total. The fraction of sp³-hybridized carbons (Fsp3) is 0.353. The molecule has 0 saturated carbocycles. The number of rotatable bonds is 3. The van der Waals surface area contributed by atoms with Gasteiger partial charge in [-0.3, -0.25) is 4.79 Å². The molecule has 0 radical (unpaired) electrons. The van der Waals surface area contributed by atoms with Gasteiger partial charge in [0.2, 0.25) is 0 Å². The zero-order chi connectivity index (χ0) is 15.8. The summed E-state index contributed by atoms with van der Waals surface area (Å²) in [7, 11) is 0. The van der Waals surface area contributed by atoms with E-state index in [0.717, 1.165) is 23.3 Å². The summed E-state index contributed by atoms with van der Waals surface area (Å²) in [6, 6.07) is 10.6. The van der Waals surface area contributed by atoms with E-state index in [9.17, 15) is 4.79 Å². The highest BCUT2D eigenvalue weighted by Crippen LogP contribution is 2.29. The second kappa shape index (κ2) is 5.76. The molecule has 1 aromatic carbocycles. The Bertz CT molecular complexity index is 777. The van der Waals surface area contributed by atoms with Gasteiger partial charge in [0.25, 0.3) is 5.91 Å². The number of nitriles is 1. The predicted octanol–water partition coefficient (Wildman–Crippen LogP) is 2.30. The van der Waals surface area contributed by atoms with Gasteiger partial charge in [-0.15, -0.1) is 11.3 Å². The second-order valence-corrected chi connectivity index (χ2v) is 7.11.